The van der Waals surface area contributed by atoms with E-state index in [0.29, 0.717) is 0 Å². The summed E-state index contributed by atoms with van der Waals surface area (Å²) in [5.41, 5.74) is 0. The van der Waals surface area contributed by atoms with Crippen LogP contribution in [0.2, 0.25) is 0 Å². The number of aromatic nitrogens is 2. The van der Waals surface area contributed by atoms with Gasteiger partial charge in [0.2, 0.25) is 0 Å². The Labute approximate surface area is 63.5 Å². The van der Waals surface area contributed by atoms with Crippen LogP contribution in [0, 0.1) is 5.21 Å². The summed E-state index contributed by atoms with van der Waals surface area (Å²) in [4.78, 5) is 3.90. The van der Waals surface area contributed by atoms with E-state index in [-0.39, 0.29) is 0 Å². The summed E-state index contributed by atoms with van der Waals surface area (Å²) >= 11 is 0. The average Bonchev–Trinajstić information content (AvgIpc) is 2.04. The molecule has 0 spiro atoms. The van der Waals surface area contributed by atoms with Crippen molar-refractivity contribution in [2.24, 2.45) is 0 Å². The monoisotopic (exact) mass is 146 g/mol. The van der Waals surface area contributed by atoms with Gasteiger partial charge in [-0.3, -0.25) is 4.98 Å². The van der Waals surface area contributed by atoms with Gasteiger partial charge in [-0.15, -0.1) is 0 Å². The molecule has 0 atom stereocenters. The lowest BCUT2D eigenvalue weighted by Gasteiger charge is -1.96. The van der Waals surface area contributed by atoms with Crippen molar-refractivity contribution in [3.8, 4) is 0 Å². The molecule has 2 aromatic rings. The number of rotatable bonds is 0. The zero-order chi connectivity index (χ0) is 7.68. The van der Waals surface area contributed by atoms with Gasteiger partial charge < -0.3 is 5.21 Å². The van der Waals surface area contributed by atoms with Gasteiger partial charge in [0, 0.05) is 18.5 Å². The fourth-order valence-electron chi connectivity index (χ4n) is 1.01. The smallest absolute Gasteiger partial charge is 0.189 e. The lowest BCUT2D eigenvalue weighted by molar-refractivity contribution is -0.603. The van der Waals surface area contributed by atoms with Crippen LogP contribution in [-0.2, 0) is 0 Å². The van der Waals surface area contributed by atoms with Crippen LogP contribution in [0.15, 0.2) is 36.9 Å². The molecule has 0 saturated heterocycles. The largest absolute Gasteiger partial charge is 0.619 e. The van der Waals surface area contributed by atoms with Crippen molar-refractivity contribution >= 4 is 10.8 Å². The van der Waals surface area contributed by atoms with Crippen molar-refractivity contribution < 1.29 is 4.73 Å². The number of hydrogen-bond donors (Lipinski definition) is 0. The van der Waals surface area contributed by atoms with E-state index in [0.717, 1.165) is 15.5 Å². The van der Waals surface area contributed by atoms with Crippen molar-refractivity contribution in [3.63, 3.8) is 0 Å². The Kier molecular flexibility index (Phi) is 1.22. The second-order valence-corrected chi connectivity index (χ2v) is 2.31. The number of hydrogen-bond acceptors (Lipinski definition) is 2. The normalized spacial score (nSPS) is 10.2. The highest BCUT2D eigenvalue weighted by molar-refractivity contribution is 5.79. The van der Waals surface area contributed by atoms with E-state index in [9.17, 15) is 5.21 Å². The van der Waals surface area contributed by atoms with Crippen molar-refractivity contribution in [2.45, 2.75) is 0 Å². The SMILES string of the molecule is [O-][n+]1ccc2ccncc2c1. The molecule has 3 nitrogen and oxygen atoms in total. The minimum Gasteiger partial charge on any atom is -0.619 e. The molecule has 0 unspecified atom stereocenters. The predicted octanol–water partition coefficient (Wildman–Crippen LogP) is 0.868. The van der Waals surface area contributed by atoms with Crippen LogP contribution in [0.25, 0.3) is 10.8 Å². The van der Waals surface area contributed by atoms with Gasteiger partial charge in [-0.1, -0.05) is 0 Å². The average molecular weight is 146 g/mol. The van der Waals surface area contributed by atoms with Crippen LogP contribution < -0.4 is 4.73 Å². The highest BCUT2D eigenvalue weighted by Crippen LogP contribution is 2.06. The minimum absolute atomic E-state index is 0.768. The zero-order valence-corrected chi connectivity index (χ0v) is 5.77. The van der Waals surface area contributed by atoms with E-state index in [1.165, 1.54) is 12.4 Å². The molecule has 54 valence electrons. The molecule has 0 aliphatic rings. The van der Waals surface area contributed by atoms with Gasteiger partial charge >= 0.3 is 0 Å². The number of pyridine rings is 2. The van der Waals surface area contributed by atoms with Gasteiger partial charge in [-0.2, -0.15) is 4.73 Å². The van der Waals surface area contributed by atoms with Gasteiger partial charge in [0.15, 0.2) is 12.4 Å². The summed E-state index contributed by atoms with van der Waals surface area (Å²) in [6, 6.07) is 3.64. The molecule has 0 fully saturated rings. The molecule has 0 aliphatic heterocycles. The van der Waals surface area contributed by atoms with Gasteiger partial charge in [0.25, 0.3) is 0 Å². The summed E-state index contributed by atoms with van der Waals surface area (Å²) in [7, 11) is 0. The Morgan fingerprint density at radius 1 is 1.27 bits per heavy atom. The molecule has 0 aliphatic carbocycles. The molecule has 2 aromatic heterocycles. The van der Waals surface area contributed by atoms with Crippen molar-refractivity contribution in [3.05, 3.63) is 42.1 Å². The van der Waals surface area contributed by atoms with E-state index in [1.54, 1.807) is 18.5 Å². The molecule has 0 saturated carbocycles. The van der Waals surface area contributed by atoms with Crippen molar-refractivity contribution in [1.29, 1.82) is 0 Å². The van der Waals surface area contributed by atoms with Crippen molar-refractivity contribution in [1.82, 2.24) is 4.98 Å². The molecule has 0 radical (unpaired) electrons. The maximum absolute atomic E-state index is 10.8. The number of fused-ring (bicyclic) bond motifs is 1. The van der Waals surface area contributed by atoms with Gasteiger partial charge in [0.1, 0.15) is 0 Å². The first-order valence-corrected chi connectivity index (χ1v) is 3.29. The second kappa shape index (κ2) is 2.20. The lowest BCUT2D eigenvalue weighted by atomic mass is 10.2. The van der Waals surface area contributed by atoms with E-state index in [4.69, 9.17) is 0 Å². The Bertz CT molecular complexity index is 387. The fourth-order valence-corrected chi connectivity index (χ4v) is 1.01. The van der Waals surface area contributed by atoms with E-state index < -0.39 is 0 Å². The molecule has 2 rings (SSSR count). The van der Waals surface area contributed by atoms with Crippen LogP contribution in [-0.4, -0.2) is 4.98 Å². The molecule has 0 N–H and O–H groups in total. The third-order valence-corrected chi connectivity index (χ3v) is 1.55. The minimum atomic E-state index is 0.768. The molecule has 2 heterocycles. The third kappa shape index (κ3) is 1.00. The van der Waals surface area contributed by atoms with E-state index in [2.05, 4.69) is 4.98 Å². The Morgan fingerprint density at radius 2 is 2.18 bits per heavy atom. The molecular formula is C8H6N2O. The Balaban J connectivity index is 2.83. The molecule has 0 aromatic carbocycles. The quantitative estimate of drug-likeness (QED) is 0.408. The Hall–Kier alpha value is -1.64. The van der Waals surface area contributed by atoms with E-state index in [1.807, 2.05) is 6.07 Å². The highest BCUT2D eigenvalue weighted by atomic mass is 16.5. The Morgan fingerprint density at radius 3 is 3.09 bits per heavy atom. The molecular weight excluding hydrogens is 140 g/mol. The van der Waals surface area contributed by atoms with Crippen LogP contribution in [0.3, 0.4) is 0 Å². The summed E-state index contributed by atoms with van der Waals surface area (Å²) in [6.07, 6.45) is 6.35. The van der Waals surface area contributed by atoms with Crippen LogP contribution in [0.5, 0.6) is 0 Å². The topological polar surface area (TPSA) is 39.8 Å². The summed E-state index contributed by atoms with van der Waals surface area (Å²) in [5, 5.41) is 12.7. The fraction of sp³-hybridized carbons (Fsp3) is 0. The first-order valence-electron chi connectivity index (χ1n) is 3.29. The third-order valence-electron chi connectivity index (χ3n) is 1.55. The summed E-state index contributed by atoms with van der Waals surface area (Å²) in [5.74, 6) is 0. The molecule has 0 amide bonds. The van der Waals surface area contributed by atoms with Crippen molar-refractivity contribution in [2.75, 3.05) is 0 Å². The van der Waals surface area contributed by atoms with Gasteiger partial charge in [-0.25, -0.2) is 0 Å². The summed E-state index contributed by atoms with van der Waals surface area (Å²) < 4.78 is 0.768. The van der Waals surface area contributed by atoms with Gasteiger partial charge in [0.05, 0.1) is 5.39 Å². The predicted molar refractivity (Wildman–Crippen MR) is 40.7 cm³/mol. The molecule has 11 heavy (non-hydrogen) atoms. The molecule has 0 bridgehead atoms. The van der Waals surface area contributed by atoms with Crippen LogP contribution in [0.4, 0.5) is 0 Å². The molecule has 3 heteroatoms. The maximum Gasteiger partial charge on any atom is 0.189 e. The zero-order valence-electron chi connectivity index (χ0n) is 5.77. The first kappa shape index (κ1) is 6.09. The first-order chi connectivity index (χ1) is 5.36. The second-order valence-electron chi connectivity index (χ2n) is 2.31. The summed E-state index contributed by atoms with van der Waals surface area (Å²) in [6.45, 7) is 0. The standard InChI is InChI=1S/C8H6N2O/c11-10-4-2-7-1-3-9-5-8(7)6-10/h1-6H. The van der Waals surface area contributed by atoms with Gasteiger partial charge in [-0.05, 0) is 11.5 Å². The van der Waals surface area contributed by atoms with Crippen LogP contribution in [0.1, 0.15) is 0 Å². The maximum atomic E-state index is 10.8. The highest BCUT2D eigenvalue weighted by Gasteiger charge is 1.94. The number of nitrogens with zero attached hydrogens (tertiary/aromatic N) is 2. The van der Waals surface area contributed by atoms with E-state index >= 15 is 0 Å². The van der Waals surface area contributed by atoms with Crippen LogP contribution >= 0.6 is 0 Å². The lowest BCUT2D eigenvalue weighted by Crippen LogP contribution is -2.23.